The molecule has 0 aliphatic heterocycles. The van der Waals surface area contributed by atoms with Crippen LogP contribution in [-0.4, -0.2) is 0 Å². The predicted molar refractivity (Wildman–Crippen MR) is 138 cm³/mol. The highest BCUT2D eigenvalue weighted by Gasteiger charge is 2.31. The summed E-state index contributed by atoms with van der Waals surface area (Å²) in [4.78, 5) is 0. The summed E-state index contributed by atoms with van der Waals surface area (Å²) in [7, 11) is 0. The third kappa shape index (κ3) is 4.64. The van der Waals surface area contributed by atoms with Gasteiger partial charge in [0.1, 0.15) is 0 Å². The summed E-state index contributed by atoms with van der Waals surface area (Å²) < 4.78 is 0. The Balaban J connectivity index is 2.40. The summed E-state index contributed by atoms with van der Waals surface area (Å²) in [6.07, 6.45) is 17.3. The molecule has 169 valence electrons. The van der Waals surface area contributed by atoms with Crippen LogP contribution >= 0.6 is 0 Å². The molecule has 0 heteroatoms. The van der Waals surface area contributed by atoms with E-state index in [0.29, 0.717) is 0 Å². The van der Waals surface area contributed by atoms with Crippen molar-refractivity contribution < 1.29 is 0 Å². The van der Waals surface area contributed by atoms with Crippen LogP contribution in [0.25, 0.3) is 11.1 Å². The Labute approximate surface area is 192 Å². The lowest BCUT2D eigenvalue weighted by atomic mass is 9.79. The number of hydrogen-bond donors (Lipinski definition) is 0. The molecular weight excluding hydrogens is 372 g/mol. The maximum Gasteiger partial charge on any atom is 0.0215 e. The Morgan fingerprint density at radius 2 is 0.935 bits per heavy atom. The SMILES string of the molecule is CCCc1ccc2c(c1CCC)-c1c(c(CCC)c(CCC)c(CCC)c1CCC)[CH]2. The molecule has 2 aromatic rings. The number of benzene rings is 2. The van der Waals surface area contributed by atoms with Crippen LogP contribution in [0.1, 0.15) is 125 Å². The van der Waals surface area contributed by atoms with E-state index in [2.05, 4.69) is 60.1 Å². The number of fused-ring (bicyclic) bond motifs is 3. The molecule has 0 heterocycles. The van der Waals surface area contributed by atoms with Crippen LogP contribution in [0.2, 0.25) is 0 Å². The van der Waals surface area contributed by atoms with Gasteiger partial charge in [-0.3, -0.25) is 0 Å². The molecule has 0 amide bonds. The molecule has 3 rings (SSSR count). The highest BCUT2D eigenvalue weighted by molar-refractivity contribution is 5.89. The second-order valence-corrected chi connectivity index (χ2v) is 9.51. The van der Waals surface area contributed by atoms with E-state index in [0.717, 1.165) is 0 Å². The van der Waals surface area contributed by atoms with Gasteiger partial charge in [-0.1, -0.05) is 92.2 Å². The first-order valence-electron chi connectivity index (χ1n) is 13.4. The minimum Gasteiger partial charge on any atom is -0.0651 e. The Morgan fingerprint density at radius 1 is 0.452 bits per heavy atom. The molecule has 0 unspecified atom stereocenters. The van der Waals surface area contributed by atoms with E-state index in [-0.39, 0.29) is 0 Å². The molecule has 1 radical (unpaired) electrons. The van der Waals surface area contributed by atoms with Gasteiger partial charge in [-0.05, 0) is 94.2 Å². The van der Waals surface area contributed by atoms with Crippen molar-refractivity contribution in [2.75, 3.05) is 0 Å². The third-order valence-corrected chi connectivity index (χ3v) is 7.00. The number of aryl methyl sites for hydroxylation is 1. The van der Waals surface area contributed by atoms with Crippen molar-refractivity contribution in [2.45, 2.75) is 119 Å². The second kappa shape index (κ2) is 11.3. The molecule has 0 saturated carbocycles. The Morgan fingerprint density at radius 3 is 1.52 bits per heavy atom. The zero-order valence-electron chi connectivity index (χ0n) is 21.2. The van der Waals surface area contributed by atoms with Crippen LogP contribution in [-0.2, 0) is 38.5 Å². The summed E-state index contributed by atoms with van der Waals surface area (Å²) in [5, 5.41) is 0. The van der Waals surface area contributed by atoms with Crippen LogP contribution < -0.4 is 0 Å². The Kier molecular flexibility index (Phi) is 8.82. The van der Waals surface area contributed by atoms with Crippen molar-refractivity contribution in [1.82, 2.24) is 0 Å². The summed E-state index contributed by atoms with van der Waals surface area (Å²) >= 11 is 0. The van der Waals surface area contributed by atoms with Gasteiger partial charge in [-0.2, -0.15) is 0 Å². The van der Waals surface area contributed by atoms with Gasteiger partial charge in [0.15, 0.2) is 0 Å². The van der Waals surface area contributed by atoms with Crippen molar-refractivity contribution in [3.63, 3.8) is 0 Å². The zero-order valence-corrected chi connectivity index (χ0v) is 21.2. The molecule has 1 aliphatic rings. The van der Waals surface area contributed by atoms with E-state index in [1.165, 1.54) is 82.6 Å². The first-order valence-corrected chi connectivity index (χ1v) is 13.4. The van der Waals surface area contributed by atoms with Gasteiger partial charge < -0.3 is 0 Å². The first kappa shape index (κ1) is 24.1. The molecule has 0 saturated heterocycles. The molecule has 0 atom stereocenters. The van der Waals surface area contributed by atoms with Crippen LogP contribution in [0.3, 0.4) is 0 Å². The fraction of sp³-hybridized carbons (Fsp3) is 0.581. The molecule has 0 spiro atoms. The smallest absolute Gasteiger partial charge is 0.0215 e. The van der Waals surface area contributed by atoms with Crippen molar-refractivity contribution in [3.8, 4) is 11.1 Å². The van der Waals surface area contributed by atoms with Gasteiger partial charge in [0.25, 0.3) is 0 Å². The molecule has 0 bridgehead atoms. The quantitative estimate of drug-likeness (QED) is 0.276. The monoisotopic (exact) mass is 417 g/mol. The lowest BCUT2D eigenvalue weighted by Gasteiger charge is -2.25. The fourth-order valence-corrected chi connectivity index (χ4v) is 5.92. The van der Waals surface area contributed by atoms with Crippen LogP contribution in [0.15, 0.2) is 12.1 Å². The second-order valence-electron chi connectivity index (χ2n) is 9.51. The molecule has 0 fully saturated rings. The Bertz CT molecular complexity index is 884. The average molecular weight is 418 g/mol. The van der Waals surface area contributed by atoms with Gasteiger partial charge in [-0.15, -0.1) is 0 Å². The highest BCUT2D eigenvalue weighted by atomic mass is 14.3. The first-order chi connectivity index (χ1) is 15.2. The molecule has 31 heavy (non-hydrogen) atoms. The van der Waals surface area contributed by atoms with E-state index >= 15 is 0 Å². The van der Waals surface area contributed by atoms with E-state index < -0.39 is 0 Å². The van der Waals surface area contributed by atoms with Crippen LogP contribution in [0.4, 0.5) is 0 Å². The van der Waals surface area contributed by atoms with E-state index in [1.807, 2.05) is 0 Å². The predicted octanol–water partition coefficient (Wildman–Crippen LogP) is 8.98. The van der Waals surface area contributed by atoms with Gasteiger partial charge in [0.2, 0.25) is 0 Å². The van der Waals surface area contributed by atoms with E-state index in [1.54, 1.807) is 50.1 Å². The molecule has 1 aliphatic carbocycles. The van der Waals surface area contributed by atoms with Gasteiger partial charge in [0.05, 0.1) is 0 Å². The molecule has 0 N–H and O–H groups in total. The van der Waals surface area contributed by atoms with Crippen LogP contribution in [0.5, 0.6) is 0 Å². The zero-order chi connectivity index (χ0) is 22.4. The van der Waals surface area contributed by atoms with Crippen molar-refractivity contribution in [3.05, 3.63) is 63.1 Å². The van der Waals surface area contributed by atoms with Crippen molar-refractivity contribution in [2.24, 2.45) is 0 Å². The molecular formula is C31H45. The number of rotatable bonds is 12. The van der Waals surface area contributed by atoms with Crippen LogP contribution in [0, 0.1) is 6.42 Å². The minimum atomic E-state index is 1.21. The summed E-state index contributed by atoms with van der Waals surface area (Å²) in [5.41, 5.74) is 16.4. The largest absolute Gasteiger partial charge is 0.0651 e. The highest BCUT2D eigenvalue weighted by Crippen LogP contribution is 2.48. The molecule has 0 nitrogen and oxygen atoms in total. The summed E-state index contributed by atoms with van der Waals surface area (Å²) in [6.45, 7) is 14.1. The summed E-state index contributed by atoms with van der Waals surface area (Å²) in [5.74, 6) is 0. The fourth-order valence-electron chi connectivity index (χ4n) is 5.92. The molecule has 0 aromatic heterocycles. The summed E-state index contributed by atoms with van der Waals surface area (Å²) in [6, 6.07) is 4.87. The van der Waals surface area contributed by atoms with E-state index in [9.17, 15) is 0 Å². The topological polar surface area (TPSA) is 0 Å². The lowest BCUT2D eigenvalue weighted by molar-refractivity contribution is 0.800. The lowest BCUT2D eigenvalue weighted by Crippen LogP contribution is -2.10. The van der Waals surface area contributed by atoms with Crippen molar-refractivity contribution >= 4 is 0 Å². The van der Waals surface area contributed by atoms with Gasteiger partial charge in [-0.25, -0.2) is 0 Å². The Hall–Kier alpha value is -1.56. The van der Waals surface area contributed by atoms with E-state index in [4.69, 9.17) is 0 Å². The minimum absolute atomic E-state index is 1.21. The van der Waals surface area contributed by atoms with Crippen molar-refractivity contribution in [1.29, 1.82) is 0 Å². The van der Waals surface area contributed by atoms with Gasteiger partial charge in [0, 0.05) is 6.42 Å². The number of hydrogen-bond acceptors (Lipinski definition) is 0. The maximum absolute atomic E-state index is 2.57. The van der Waals surface area contributed by atoms with Gasteiger partial charge >= 0.3 is 0 Å². The molecule has 2 aromatic carbocycles. The standard InChI is InChI=1S/C31H45/c1-7-13-22-19-20-23-21-29-27(17-11-5)25(15-9-3)26(16-10-4)28(18-12-6)31(29)30(23)24(22)14-8-2/h19-21H,7-18H2,1-6H3. The third-order valence-electron chi connectivity index (χ3n) is 7.00. The maximum atomic E-state index is 2.57. The normalized spacial score (nSPS) is 12.3. The average Bonchev–Trinajstić information content (AvgIpc) is 3.14.